The minimum absolute atomic E-state index is 0.365. The topological polar surface area (TPSA) is 29.3 Å². The molecule has 2 fully saturated rings. The van der Waals surface area contributed by atoms with E-state index >= 15 is 0 Å². The molecule has 2 rings (SSSR count). The van der Waals surface area contributed by atoms with Crippen molar-refractivity contribution in [3.63, 3.8) is 0 Å². The lowest BCUT2D eigenvalue weighted by Crippen LogP contribution is -2.57. The third-order valence-electron chi connectivity index (χ3n) is 5.57. The van der Waals surface area contributed by atoms with Gasteiger partial charge in [-0.25, -0.2) is 0 Å². The van der Waals surface area contributed by atoms with Crippen molar-refractivity contribution in [3.8, 4) is 0 Å². The normalized spacial score (nSPS) is 35.8. The van der Waals surface area contributed by atoms with Gasteiger partial charge in [0.1, 0.15) is 0 Å². The molecule has 1 saturated carbocycles. The average Bonchev–Trinajstić information content (AvgIpc) is 2.42. The van der Waals surface area contributed by atoms with E-state index in [1.54, 1.807) is 0 Å². The van der Waals surface area contributed by atoms with Crippen molar-refractivity contribution < 1.29 is 0 Å². The second-order valence-corrected chi connectivity index (χ2v) is 6.83. The fourth-order valence-corrected chi connectivity index (χ4v) is 4.05. The van der Waals surface area contributed by atoms with Gasteiger partial charge in [-0.15, -0.1) is 0 Å². The van der Waals surface area contributed by atoms with Gasteiger partial charge in [-0.1, -0.05) is 26.7 Å². The zero-order chi connectivity index (χ0) is 13.0. The van der Waals surface area contributed by atoms with E-state index in [-0.39, 0.29) is 0 Å². The molecule has 2 N–H and O–H groups in total. The van der Waals surface area contributed by atoms with Crippen molar-refractivity contribution in [1.82, 2.24) is 4.90 Å². The van der Waals surface area contributed by atoms with Gasteiger partial charge in [0.2, 0.25) is 0 Å². The molecule has 0 radical (unpaired) electrons. The zero-order valence-electron chi connectivity index (χ0n) is 12.5. The Labute approximate surface area is 113 Å². The van der Waals surface area contributed by atoms with Gasteiger partial charge in [0.25, 0.3) is 0 Å². The number of piperidine rings is 1. The Morgan fingerprint density at radius 1 is 1.11 bits per heavy atom. The Hall–Kier alpha value is -0.0800. The quantitative estimate of drug-likeness (QED) is 0.831. The Morgan fingerprint density at radius 2 is 1.72 bits per heavy atom. The lowest BCUT2D eigenvalue weighted by Gasteiger charge is -2.50. The van der Waals surface area contributed by atoms with Crippen molar-refractivity contribution in [2.45, 2.75) is 70.8 Å². The Bertz CT molecular complexity index is 235. The SMILES string of the molecule is CCCC1CCN(C2(CN)CCC(C)CC2)CC1. The number of rotatable bonds is 4. The van der Waals surface area contributed by atoms with Crippen LogP contribution in [0.25, 0.3) is 0 Å². The van der Waals surface area contributed by atoms with Crippen LogP contribution in [0.3, 0.4) is 0 Å². The highest BCUT2D eigenvalue weighted by Gasteiger charge is 2.39. The molecule has 2 heteroatoms. The van der Waals surface area contributed by atoms with Crippen LogP contribution in [-0.2, 0) is 0 Å². The van der Waals surface area contributed by atoms with Gasteiger partial charge in [0, 0.05) is 12.1 Å². The summed E-state index contributed by atoms with van der Waals surface area (Å²) in [6.07, 6.45) is 11.0. The minimum Gasteiger partial charge on any atom is -0.329 e. The van der Waals surface area contributed by atoms with Gasteiger partial charge < -0.3 is 5.73 Å². The summed E-state index contributed by atoms with van der Waals surface area (Å²) < 4.78 is 0. The number of likely N-dealkylation sites (tertiary alicyclic amines) is 1. The number of hydrogen-bond acceptors (Lipinski definition) is 2. The van der Waals surface area contributed by atoms with E-state index in [4.69, 9.17) is 5.73 Å². The summed E-state index contributed by atoms with van der Waals surface area (Å²) in [7, 11) is 0. The van der Waals surface area contributed by atoms with Gasteiger partial charge in [-0.2, -0.15) is 0 Å². The molecule has 1 saturated heterocycles. The Kier molecular flexibility index (Phi) is 5.08. The van der Waals surface area contributed by atoms with Crippen molar-refractivity contribution >= 4 is 0 Å². The predicted molar refractivity (Wildman–Crippen MR) is 78.6 cm³/mol. The van der Waals surface area contributed by atoms with Crippen LogP contribution >= 0.6 is 0 Å². The van der Waals surface area contributed by atoms with Crippen LogP contribution in [0.15, 0.2) is 0 Å². The van der Waals surface area contributed by atoms with E-state index < -0.39 is 0 Å². The third-order valence-corrected chi connectivity index (χ3v) is 5.57. The first-order chi connectivity index (χ1) is 8.70. The van der Waals surface area contributed by atoms with Crippen molar-refractivity contribution in [2.75, 3.05) is 19.6 Å². The predicted octanol–water partition coefficient (Wildman–Crippen LogP) is 3.41. The van der Waals surface area contributed by atoms with Crippen molar-refractivity contribution in [3.05, 3.63) is 0 Å². The van der Waals surface area contributed by atoms with E-state index in [1.807, 2.05) is 0 Å². The van der Waals surface area contributed by atoms with E-state index in [0.717, 1.165) is 18.4 Å². The second-order valence-electron chi connectivity index (χ2n) is 6.83. The molecule has 0 atom stereocenters. The van der Waals surface area contributed by atoms with E-state index in [0.29, 0.717) is 5.54 Å². The van der Waals surface area contributed by atoms with Crippen LogP contribution in [0.2, 0.25) is 0 Å². The summed E-state index contributed by atoms with van der Waals surface area (Å²) in [5.74, 6) is 1.91. The second kappa shape index (κ2) is 6.38. The Morgan fingerprint density at radius 3 is 2.22 bits per heavy atom. The van der Waals surface area contributed by atoms with Gasteiger partial charge in [-0.05, 0) is 63.5 Å². The van der Waals surface area contributed by atoms with Crippen molar-refractivity contribution in [1.29, 1.82) is 0 Å². The first kappa shape index (κ1) is 14.3. The molecule has 2 nitrogen and oxygen atoms in total. The highest BCUT2D eigenvalue weighted by atomic mass is 15.2. The molecule has 0 amide bonds. The molecule has 0 aromatic heterocycles. The zero-order valence-corrected chi connectivity index (χ0v) is 12.5. The molecule has 0 aromatic rings. The third kappa shape index (κ3) is 3.08. The first-order valence-electron chi connectivity index (χ1n) is 8.15. The summed E-state index contributed by atoms with van der Waals surface area (Å²) in [6, 6.07) is 0. The van der Waals surface area contributed by atoms with Crippen LogP contribution in [0.1, 0.15) is 65.2 Å². The molecule has 18 heavy (non-hydrogen) atoms. The number of hydrogen-bond donors (Lipinski definition) is 1. The maximum absolute atomic E-state index is 6.17. The molecule has 0 unspecified atom stereocenters. The van der Waals surface area contributed by atoms with E-state index in [2.05, 4.69) is 18.7 Å². The van der Waals surface area contributed by atoms with Crippen LogP contribution < -0.4 is 5.73 Å². The van der Waals surface area contributed by atoms with Crippen LogP contribution in [0, 0.1) is 11.8 Å². The monoisotopic (exact) mass is 252 g/mol. The summed E-state index contributed by atoms with van der Waals surface area (Å²) in [5.41, 5.74) is 6.53. The summed E-state index contributed by atoms with van der Waals surface area (Å²) in [6.45, 7) is 8.19. The average molecular weight is 252 g/mol. The van der Waals surface area contributed by atoms with Crippen LogP contribution in [-0.4, -0.2) is 30.1 Å². The molecular formula is C16H32N2. The fourth-order valence-electron chi connectivity index (χ4n) is 4.05. The summed E-state index contributed by atoms with van der Waals surface area (Å²) >= 11 is 0. The van der Waals surface area contributed by atoms with Gasteiger partial charge in [-0.3, -0.25) is 4.90 Å². The van der Waals surface area contributed by atoms with Gasteiger partial charge >= 0.3 is 0 Å². The van der Waals surface area contributed by atoms with Crippen LogP contribution in [0.5, 0.6) is 0 Å². The lowest BCUT2D eigenvalue weighted by molar-refractivity contribution is 0.0164. The molecular weight excluding hydrogens is 220 g/mol. The van der Waals surface area contributed by atoms with Crippen molar-refractivity contribution in [2.24, 2.45) is 17.6 Å². The maximum atomic E-state index is 6.17. The molecule has 0 bridgehead atoms. The highest BCUT2D eigenvalue weighted by Crippen LogP contribution is 2.38. The molecule has 1 aliphatic heterocycles. The standard InChI is InChI=1S/C16H32N2/c1-3-4-15-7-11-18(12-8-15)16(13-17)9-5-14(2)6-10-16/h14-15H,3-13,17H2,1-2H3. The largest absolute Gasteiger partial charge is 0.329 e. The number of nitrogens with two attached hydrogens (primary N) is 1. The van der Waals surface area contributed by atoms with E-state index in [1.165, 1.54) is 64.5 Å². The summed E-state index contributed by atoms with van der Waals surface area (Å²) in [5, 5.41) is 0. The molecule has 0 spiro atoms. The highest BCUT2D eigenvalue weighted by molar-refractivity contribution is 4.96. The molecule has 2 aliphatic rings. The minimum atomic E-state index is 0.365. The van der Waals surface area contributed by atoms with Gasteiger partial charge in [0.15, 0.2) is 0 Å². The van der Waals surface area contributed by atoms with Crippen LogP contribution in [0.4, 0.5) is 0 Å². The molecule has 106 valence electrons. The molecule has 1 aliphatic carbocycles. The number of nitrogens with zero attached hydrogens (tertiary/aromatic N) is 1. The fraction of sp³-hybridized carbons (Fsp3) is 1.00. The van der Waals surface area contributed by atoms with Gasteiger partial charge in [0.05, 0.1) is 0 Å². The summed E-state index contributed by atoms with van der Waals surface area (Å²) in [4.78, 5) is 2.76. The van der Waals surface area contributed by atoms with E-state index in [9.17, 15) is 0 Å². The smallest absolute Gasteiger partial charge is 0.0331 e. The molecule has 0 aromatic carbocycles. The Balaban J connectivity index is 1.90. The lowest BCUT2D eigenvalue weighted by atomic mass is 9.75. The first-order valence-corrected chi connectivity index (χ1v) is 8.15. The molecule has 1 heterocycles. The maximum Gasteiger partial charge on any atom is 0.0331 e.